The van der Waals surface area contributed by atoms with Crippen molar-refractivity contribution in [3.8, 4) is 0 Å². The normalized spacial score (nSPS) is 27.2. The van der Waals surface area contributed by atoms with Crippen molar-refractivity contribution in [3.05, 3.63) is 30.1 Å². The maximum absolute atomic E-state index is 13.4. The molecule has 3 heterocycles. The molecule has 0 spiro atoms. The van der Waals surface area contributed by atoms with Gasteiger partial charge in [0.05, 0.1) is 12.1 Å². The van der Waals surface area contributed by atoms with Crippen molar-refractivity contribution in [1.29, 1.82) is 0 Å². The summed E-state index contributed by atoms with van der Waals surface area (Å²) in [6, 6.07) is 6.77. The van der Waals surface area contributed by atoms with E-state index in [0.29, 0.717) is 26.2 Å². The number of rotatable bonds is 5. The van der Waals surface area contributed by atoms with Crippen LogP contribution in [0.25, 0.3) is 0 Å². The predicted molar refractivity (Wildman–Crippen MR) is 124 cm³/mol. The molecule has 1 aromatic carbocycles. The number of anilines is 1. The van der Waals surface area contributed by atoms with Crippen LogP contribution in [0.15, 0.2) is 29.4 Å². The predicted octanol–water partition coefficient (Wildman–Crippen LogP) is 1.97. The van der Waals surface area contributed by atoms with E-state index in [1.54, 1.807) is 12.1 Å². The Morgan fingerprint density at radius 1 is 1.09 bits per heavy atom. The molecule has 2 amide bonds. The van der Waals surface area contributed by atoms with Gasteiger partial charge in [-0.2, -0.15) is 5.10 Å². The molecule has 178 valence electrons. The van der Waals surface area contributed by atoms with Crippen LogP contribution in [-0.4, -0.2) is 83.3 Å². The third-order valence-electron chi connectivity index (χ3n) is 7.46. The molecule has 0 bridgehead atoms. The first-order valence-electron chi connectivity index (χ1n) is 12.3. The summed E-state index contributed by atoms with van der Waals surface area (Å²) in [6.07, 6.45) is 5.56. The number of hydrogen-bond donors (Lipinski definition) is 1. The van der Waals surface area contributed by atoms with Gasteiger partial charge in [-0.1, -0.05) is 19.8 Å². The van der Waals surface area contributed by atoms with Crippen LogP contribution in [0.4, 0.5) is 10.1 Å². The Morgan fingerprint density at radius 2 is 1.79 bits per heavy atom. The fraction of sp³-hybridized carbons (Fsp3) is 0.625. The number of nitrogens with zero attached hydrogens (tertiary/aromatic N) is 5. The van der Waals surface area contributed by atoms with Crippen LogP contribution in [0.1, 0.15) is 45.4 Å². The molecule has 1 aromatic rings. The van der Waals surface area contributed by atoms with Gasteiger partial charge in [0.1, 0.15) is 18.2 Å². The second-order valence-electron chi connectivity index (χ2n) is 9.45. The molecule has 0 radical (unpaired) electrons. The van der Waals surface area contributed by atoms with Gasteiger partial charge in [-0.25, -0.2) is 4.39 Å². The number of nitrogens with one attached hydrogen (secondary N) is 1. The summed E-state index contributed by atoms with van der Waals surface area (Å²) in [7, 11) is 0. The molecule has 5 rings (SSSR count). The molecule has 9 heteroatoms. The summed E-state index contributed by atoms with van der Waals surface area (Å²) in [5.41, 5.74) is 4.02. The van der Waals surface area contributed by atoms with E-state index in [-0.39, 0.29) is 36.3 Å². The topological polar surface area (TPSA) is 71.5 Å². The third kappa shape index (κ3) is 4.13. The number of halogens is 1. The van der Waals surface area contributed by atoms with Crippen molar-refractivity contribution in [1.82, 2.24) is 20.1 Å². The Hall–Kier alpha value is -2.84. The lowest BCUT2D eigenvalue weighted by Crippen LogP contribution is -2.70. The van der Waals surface area contributed by atoms with Crippen molar-refractivity contribution >= 4 is 23.3 Å². The largest absolute Gasteiger partial charge is 0.368 e. The quantitative estimate of drug-likeness (QED) is 0.734. The van der Waals surface area contributed by atoms with Crippen molar-refractivity contribution in [3.63, 3.8) is 0 Å². The smallest absolute Gasteiger partial charge is 0.268 e. The van der Waals surface area contributed by atoms with Crippen LogP contribution in [0.2, 0.25) is 0 Å². The number of piperazine rings is 2. The Labute approximate surface area is 194 Å². The lowest BCUT2D eigenvalue weighted by molar-refractivity contribution is -0.154. The molecule has 8 nitrogen and oxygen atoms in total. The highest BCUT2D eigenvalue weighted by molar-refractivity contribution is 5.95. The molecule has 3 fully saturated rings. The van der Waals surface area contributed by atoms with Gasteiger partial charge >= 0.3 is 0 Å². The number of fused-ring (bicyclic) bond motifs is 3. The van der Waals surface area contributed by atoms with E-state index >= 15 is 0 Å². The average Bonchev–Trinajstić information content (AvgIpc) is 3.27. The minimum atomic E-state index is -0.478. The van der Waals surface area contributed by atoms with Gasteiger partial charge in [0.25, 0.3) is 5.91 Å². The van der Waals surface area contributed by atoms with Crippen LogP contribution in [-0.2, 0) is 9.59 Å². The van der Waals surface area contributed by atoms with Gasteiger partial charge in [-0.15, -0.1) is 0 Å². The van der Waals surface area contributed by atoms with E-state index in [9.17, 15) is 14.0 Å². The number of hydrazone groups is 1. The van der Waals surface area contributed by atoms with Crippen molar-refractivity contribution < 1.29 is 14.0 Å². The molecule has 3 aliphatic heterocycles. The van der Waals surface area contributed by atoms with Crippen LogP contribution in [0.5, 0.6) is 0 Å². The summed E-state index contributed by atoms with van der Waals surface area (Å²) in [4.78, 5) is 34.7. The Bertz CT molecular complexity index is 914. The summed E-state index contributed by atoms with van der Waals surface area (Å²) >= 11 is 0. The Balaban J connectivity index is 1.24. The molecule has 3 atom stereocenters. The molecular weight excluding hydrogens is 423 g/mol. The van der Waals surface area contributed by atoms with Crippen molar-refractivity contribution in [2.24, 2.45) is 5.10 Å². The van der Waals surface area contributed by atoms with Gasteiger partial charge in [0, 0.05) is 38.3 Å². The zero-order valence-corrected chi connectivity index (χ0v) is 19.3. The summed E-state index contributed by atoms with van der Waals surface area (Å²) in [6.45, 7) is 4.85. The van der Waals surface area contributed by atoms with Crippen LogP contribution >= 0.6 is 0 Å². The SMILES string of the molecule is CCCC1=NNC2C(=O)N(CC(=O)N3CCN(c4ccc(F)cc4)CC3)C3CCCCC3N12. The highest BCUT2D eigenvalue weighted by atomic mass is 19.1. The van der Waals surface area contributed by atoms with Gasteiger partial charge in [-0.05, 0) is 43.5 Å². The summed E-state index contributed by atoms with van der Waals surface area (Å²) in [5, 5.41) is 4.48. The standard InChI is InChI=1S/C24H33FN6O2/c1-2-5-21-26-27-23-24(33)30(19-6-3-4-7-20(19)31(21)23)16-22(32)29-14-12-28(13-15-29)18-10-8-17(25)9-11-18/h8-11,19-20,23,27H,2-7,12-16H2,1H3. The van der Waals surface area contributed by atoms with E-state index < -0.39 is 6.17 Å². The van der Waals surface area contributed by atoms with Crippen LogP contribution in [0.3, 0.4) is 0 Å². The van der Waals surface area contributed by atoms with Gasteiger partial charge in [0.2, 0.25) is 5.91 Å². The number of carbonyl (C=O) groups excluding carboxylic acids is 2. The van der Waals surface area contributed by atoms with Crippen molar-refractivity contribution in [2.75, 3.05) is 37.6 Å². The van der Waals surface area contributed by atoms with Crippen LogP contribution in [0, 0.1) is 5.82 Å². The van der Waals surface area contributed by atoms with Crippen LogP contribution < -0.4 is 10.3 Å². The number of amidine groups is 1. The maximum Gasteiger partial charge on any atom is 0.268 e. The second-order valence-corrected chi connectivity index (χ2v) is 9.45. The average molecular weight is 457 g/mol. The first-order valence-corrected chi connectivity index (χ1v) is 12.3. The second kappa shape index (κ2) is 9.19. The number of benzene rings is 1. The molecule has 1 saturated carbocycles. The molecule has 1 aliphatic carbocycles. The lowest BCUT2D eigenvalue weighted by atomic mass is 9.85. The first-order chi connectivity index (χ1) is 16.1. The maximum atomic E-state index is 13.4. The molecule has 2 saturated heterocycles. The number of hydrogen-bond acceptors (Lipinski definition) is 6. The van der Waals surface area contributed by atoms with E-state index in [1.807, 2.05) is 9.80 Å². The fourth-order valence-corrected chi connectivity index (χ4v) is 5.78. The van der Waals surface area contributed by atoms with Gasteiger partial charge in [0.15, 0.2) is 6.17 Å². The van der Waals surface area contributed by atoms with Crippen molar-refractivity contribution in [2.45, 2.75) is 63.7 Å². The monoisotopic (exact) mass is 456 g/mol. The minimum Gasteiger partial charge on any atom is -0.368 e. The Kier molecular flexibility index (Phi) is 6.12. The zero-order valence-electron chi connectivity index (χ0n) is 19.3. The molecule has 3 unspecified atom stereocenters. The fourth-order valence-electron chi connectivity index (χ4n) is 5.78. The minimum absolute atomic E-state index is 0.00702. The molecular formula is C24H33FN6O2. The first kappa shape index (κ1) is 22.0. The van der Waals surface area contributed by atoms with Gasteiger partial charge < -0.3 is 19.6 Å². The Morgan fingerprint density at radius 3 is 2.48 bits per heavy atom. The molecule has 0 aromatic heterocycles. The highest BCUT2D eigenvalue weighted by Crippen LogP contribution is 2.35. The van der Waals surface area contributed by atoms with E-state index in [4.69, 9.17) is 0 Å². The molecule has 33 heavy (non-hydrogen) atoms. The highest BCUT2D eigenvalue weighted by Gasteiger charge is 2.51. The van der Waals surface area contributed by atoms with E-state index in [0.717, 1.165) is 50.0 Å². The zero-order chi connectivity index (χ0) is 22.9. The summed E-state index contributed by atoms with van der Waals surface area (Å²) < 4.78 is 13.2. The van der Waals surface area contributed by atoms with E-state index in [2.05, 4.69) is 27.3 Å². The van der Waals surface area contributed by atoms with E-state index in [1.165, 1.54) is 12.1 Å². The third-order valence-corrected chi connectivity index (χ3v) is 7.46. The number of amides is 2. The summed E-state index contributed by atoms with van der Waals surface area (Å²) in [5.74, 6) is 0.705. The number of carbonyl (C=O) groups is 2. The molecule has 1 N–H and O–H groups in total. The lowest BCUT2D eigenvalue weighted by Gasteiger charge is -2.51. The molecule has 4 aliphatic rings. The van der Waals surface area contributed by atoms with Gasteiger partial charge in [-0.3, -0.25) is 15.0 Å².